The molecular formula is C8H20N2. The zero-order valence-electron chi connectivity index (χ0n) is 7.89. The van der Waals surface area contributed by atoms with Crippen LogP contribution in [0.1, 0.15) is 26.7 Å². The molecule has 10 heavy (non-hydrogen) atoms. The number of rotatable bonds is 4. The van der Waals surface area contributed by atoms with E-state index in [4.69, 9.17) is 0 Å². The third kappa shape index (κ3) is 2.67. The smallest absolute Gasteiger partial charge is 0.0237 e. The van der Waals surface area contributed by atoms with Gasteiger partial charge in [0.05, 0.1) is 0 Å². The molecule has 0 atom stereocenters. The van der Waals surface area contributed by atoms with Crippen molar-refractivity contribution in [1.82, 2.24) is 10.0 Å². The van der Waals surface area contributed by atoms with Gasteiger partial charge in [0.1, 0.15) is 0 Å². The summed E-state index contributed by atoms with van der Waals surface area (Å²) < 4.78 is 0. The molecule has 0 unspecified atom stereocenters. The van der Waals surface area contributed by atoms with Crippen molar-refractivity contribution >= 4 is 0 Å². The quantitative estimate of drug-likeness (QED) is 0.553. The Balaban J connectivity index is 3.76. The van der Waals surface area contributed by atoms with Crippen LogP contribution in [-0.4, -0.2) is 37.2 Å². The zero-order valence-corrected chi connectivity index (χ0v) is 7.89. The molecule has 62 valence electrons. The van der Waals surface area contributed by atoms with E-state index in [2.05, 4.69) is 45.0 Å². The minimum atomic E-state index is 0.704. The predicted molar refractivity (Wildman–Crippen MR) is 45.8 cm³/mol. The summed E-state index contributed by atoms with van der Waals surface area (Å²) in [5, 5.41) is 4.41. The van der Waals surface area contributed by atoms with Crippen LogP contribution in [0.2, 0.25) is 0 Å². The average molecular weight is 144 g/mol. The summed E-state index contributed by atoms with van der Waals surface area (Å²) >= 11 is 0. The lowest BCUT2D eigenvalue weighted by atomic mass is 10.2. The van der Waals surface area contributed by atoms with E-state index >= 15 is 0 Å². The highest BCUT2D eigenvalue weighted by Gasteiger charge is 2.10. The zero-order chi connectivity index (χ0) is 8.15. The average Bonchev–Trinajstić information content (AvgIpc) is 1.90. The fraction of sp³-hybridized carbons (Fsp3) is 1.00. The standard InChI is InChI=1S/C8H20N2/c1-6-8(7-2)10(5)9(3)4/h8H,6-7H2,1-5H3. The Morgan fingerprint density at radius 1 is 1.00 bits per heavy atom. The van der Waals surface area contributed by atoms with E-state index < -0.39 is 0 Å². The van der Waals surface area contributed by atoms with Crippen LogP contribution in [0.3, 0.4) is 0 Å². The molecule has 0 aliphatic rings. The molecule has 0 saturated heterocycles. The lowest BCUT2D eigenvalue weighted by Gasteiger charge is -2.31. The molecule has 0 saturated carbocycles. The van der Waals surface area contributed by atoms with Crippen LogP contribution in [0.25, 0.3) is 0 Å². The molecule has 0 N–H and O–H groups in total. The third-order valence-electron chi connectivity index (χ3n) is 2.10. The van der Waals surface area contributed by atoms with Crippen LogP contribution in [0.5, 0.6) is 0 Å². The molecule has 0 bridgehead atoms. The summed E-state index contributed by atoms with van der Waals surface area (Å²) in [5.41, 5.74) is 0. The highest BCUT2D eigenvalue weighted by atomic mass is 15.6. The van der Waals surface area contributed by atoms with E-state index in [1.165, 1.54) is 12.8 Å². The molecule has 0 radical (unpaired) electrons. The van der Waals surface area contributed by atoms with E-state index in [9.17, 15) is 0 Å². The maximum atomic E-state index is 2.28. The first-order valence-electron chi connectivity index (χ1n) is 4.03. The minimum Gasteiger partial charge on any atom is -0.248 e. The van der Waals surface area contributed by atoms with Crippen LogP contribution in [0.4, 0.5) is 0 Å². The summed E-state index contributed by atoms with van der Waals surface area (Å²) in [6.07, 6.45) is 2.45. The van der Waals surface area contributed by atoms with E-state index in [0.717, 1.165) is 0 Å². The van der Waals surface area contributed by atoms with Crippen molar-refractivity contribution in [2.45, 2.75) is 32.7 Å². The second-order valence-electron chi connectivity index (χ2n) is 2.89. The van der Waals surface area contributed by atoms with E-state index in [1.54, 1.807) is 0 Å². The van der Waals surface area contributed by atoms with Gasteiger partial charge in [-0.2, -0.15) is 0 Å². The lowest BCUT2D eigenvalue weighted by molar-refractivity contribution is 0.00684. The second-order valence-corrected chi connectivity index (χ2v) is 2.89. The SMILES string of the molecule is CCC(CC)N(C)N(C)C. The van der Waals surface area contributed by atoms with E-state index in [1.807, 2.05) is 0 Å². The summed E-state index contributed by atoms with van der Waals surface area (Å²) in [6, 6.07) is 0.704. The van der Waals surface area contributed by atoms with Gasteiger partial charge in [0, 0.05) is 27.2 Å². The van der Waals surface area contributed by atoms with Crippen molar-refractivity contribution in [2.75, 3.05) is 21.1 Å². The number of nitrogens with zero attached hydrogens (tertiary/aromatic N) is 2. The molecule has 0 aliphatic carbocycles. The topological polar surface area (TPSA) is 6.48 Å². The fourth-order valence-electron chi connectivity index (χ4n) is 1.14. The van der Waals surface area contributed by atoms with Gasteiger partial charge in [0.25, 0.3) is 0 Å². The van der Waals surface area contributed by atoms with Gasteiger partial charge in [-0.1, -0.05) is 13.8 Å². The highest BCUT2D eigenvalue weighted by molar-refractivity contribution is 4.60. The van der Waals surface area contributed by atoms with Gasteiger partial charge in [0.2, 0.25) is 0 Å². The second kappa shape index (κ2) is 4.69. The summed E-state index contributed by atoms with van der Waals surface area (Å²) in [7, 11) is 6.30. The van der Waals surface area contributed by atoms with Crippen molar-refractivity contribution < 1.29 is 0 Å². The summed E-state index contributed by atoms with van der Waals surface area (Å²) in [5.74, 6) is 0. The maximum absolute atomic E-state index is 2.28. The molecule has 2 heteroatoms. The van der Waals surface area contributed by atoms with Crippen molar-refractivity contribution in [2.24, 2.45) is 0 Å². The van der Waals surface area contributed by atoms with E-state index in [-0.39, 0.29) is 0 Å². The minimum absolute atomic E-state index is 0.704. The Morgan fingerprint density at radius 2 is 1.40 bits per heavy atom. The summed E-state index contributed by atoms with van der Waals surface area (Å²) in [6.45, 7) is 4.46. The van der Waals surface area contributed by atoms with Crippen molar-refractivity contribution in [3.8, 4) is 0 Å². The van der Waals surface area contributed by atoms with Gasteiger partial charge in [0.15, 0.2) is 0 Å². The predicted octanol–water partition coefficient (Wildman–Crippen LogP) is 1.58. The van der Waals surface area contributed by atoms with Crippen LogP contribution in [0.15, 0.2) is 0 Å². The van der Waals surface area contributed by atoms with Crippen molar-refractivity contribution in [3.05, 3.63) is 0 Å². The molecule has 0 fully saturated rings. The normalized spacial score (nSPS) is 12.0. The number of hydrazine groups is 1. The largest absolute Gasteiger partial charge is 0.248 e. The molecule has 0 aromatic carbocycles. The Kier molecular flexibility index (Phi) is 4.65. The Labute approximate surface area is 64.8 Å². The molecule has 0 spiro atoms. The summed E-state index contributed by atoms with van der Waals surface area (Å²) in [4.78, 5) is 0. The van der Waals surface area contributed by atoms with Crippen LogP contribution in [0, 0.1) is 0 Å². The molecule has 2 nitrogen and oxygen atoms in total. The maximum Gasteiger partial charge on any atom is 0.0237 e. The first-order valence-corrected chi connectivity index (χ1v) is 4.03. The Bertz CT molecular complexity index is 77.3. The molecule has 0 heterocycles. The fourth-order valence-corrected chi connectivity index (χ4v) is 1.14. The lowest BCUT2D eigenvalue weighted by Crippen LogP contribution is -2.40. The van der Waals surface area contributed by atoms with Crippen molar-refractivity contribution in [3.63, 3.8) is 0 Å². The monoisotopic (exact) mass is 144 g/mol. The van der Waals surface area contributed by atoms with Gasteiger partial charge in [-0.25, -0.2) is 10.0 Å². The molecule has 0 amide bonds. The molecular weight excluding hydrogens is 124 g/mol. The number of hydrogen-bond donors (Lipinski definition) is 0. The van der Waals surface area contributed by atoms with Crippen LogP contribution >= 0.6 is 0 Å². The highest BCUT2D eigenvalue weighted by Crippen LogP contribution is 2.05. The Morgan fingerprint density at radius 3 is 1.50 bits per heavy atom. The van der Waals surface area contributed by atoms with Gasteiger partial charge in [-0.3, -0.25) is 0 Å². The molecule has 0 aliphatic heterocycles. The molecule has 0 rings (SSSR count). The first kappa shape index (κ1) is 9.92. The molecule has 0 aromatic rings. The van der Waals surface area contributed by atoms with Gasteiger partial charge in [-0.05, 0) is 12.8 Å². The Hall–Kier alpha value is -0.0800. The van der Waals surface area contributed by atoms with Gasteiger partial charge >= 0.3 is 0 Å². The van der Waals surface area contributed by atoms with Gasteiger partial charge in [-0.15, -0.1) is 0 Å². The number of hydrogen-bond acceptors (Lipinski definition) is 2. The van der Waals surface area contributed by atoms with Gasteiger partial charge < -0.3 is 0 Å². The molecule has 0 aromatic heterocycles. The van der Waals surface area contributed by atoms with E-state index in [0.29, 0.717) is 6.04 Å². The third-order valence-corrected chi connectivity index (χ3v) is 2.10. The van der Waals surface area contributed by atoms with Crippen molar-refractivity contribution in [1.29, 1.82) is 0 Å². The van der Waals surface area contributed by atoms with Crippen LogP contribution in [-0.2, 0) is 0 Å². The first-order chi connectivity index (χ1) is 4.63. The van der Waals surface area contributed by atoms with Crippen LogP contribution < -0.4 is 0 Å².